The van der Waals surface area contributed by atoms with E-state index in [9.17, 15) is 21.6 Å². The fourth-order valence-corrected chi connectivity index (χ4v) is 3.78. The number of hydrogen-bond donors (Lipinski definition) is 2. The Bertz CT molecular complexity index is 1410. The van der Waals surface area contributed by atoms with Gasteiger partial charge in [-0.25, -0.2) is 17.9 Å². The first-order valence-electron chi connectivity index (χ1n) is 9.37. The minimum Gasteiger partial charge on any atom is -0.340 e. The van der Waals surface area contributed by atoms with Gasteiger partial charge in [-0.05, 0) is 48.4 Å². The Labute approximate surface area is 182 Å². The van der Waals surface area contributed by atoms with Gasteiger partial charge < -0.3 is 5.32 Å². The molecule has 0 amide bonds. The number of benzene rings is 2. The van der Waals surface area contributed by atoms with Gasteiger partial charge in [0.15, 0.2) is 5.65 Å². The van der Waals surface area contributed by atoms with Crippen LogP contribution < -0.4 is 10.0 Å². The predicted octanol–water partition coefficient (Wildman–Crippen LogP) is 4.84. The van der Waals surface area contributed by atoms with Gasteiger partial charge in [0, 0.05) is 17.4 Å². The van der Waals surface area contributed by atoms with Crippen molar-refractivity contribution in [3.63, 3.8) is 0 Å². The van der Waals surface area contributed by atoms with Crippen LogP contribution in [0.4, 0.5) is 30.4 Å². The molecule has 11 heteroatoms. The Morgan fingerprint density at radius 3 is 2.56 bits per heavy atom. The smallest absolute Gasteiger partial charge is 0.340 e. The molecule has 0 spiro atoms. The summed E-state index contributed by atoms with van der Waals surface area (Å²) in [5.41, 5.74) is 2.15. The van der Waals surface area contributed by atoms with Crippen LogP contribution in [0.2, 0.25) is 0 Å². The lowest BCUT2D eigenvalue weighted by Gasteiger charge is -2.12. The minimum absolute atomic E-state index is 0.342. The van der Waals surface area contributed by atoms with Gasteiger partial charge in [-0.1, -0.05) is 18.2 Å². The van der Waals surface area contributed by atoms with E-state index >= 15 is 0 Å². The number of anilines is 3. The highest BCUT2D eigenvalue weighted by molar-refractivity contribution is 7.92. The summed E-state index contributed by atoms with van der Waals surface area (Å²) in [5.74, 6) is 0.417. The SMILES string of the molecule is Cc1ccc(Nc2ccn3ncc(-c4cccc(C(F)(F)F)c4)c3n2)cc1NS(C)(=O)=O. The predicted molar refractivity (Wildman–Crippen MR) is 116 cm³/mol. The van der Waals surface area contributed by atoms with Crippen molar-refractivity contribution >= 4 is 32.9 Å². The molecule has 2 N–H and O–H groups in total. The second-order valence-corrected chi connectivity index (χ2v) is 9.00. The molecule has 0 unspecified atom stereocenters. The number of rotatable bonds is 5. The second kappa shape index (κ2) is 7.83. The van der Waals surface area contributed by atoms with Crippen molar-refractivity contribution in [2.24, 2.45) is 0 Å². The highest BCUT2D eigenvalue weighted by Crippen LogP contribution is 2.33. The molecule has 166 valence electrons. The molecule has 0 radical (unpaired) electrons. The van der Waals surface area contributed by atoms with Crippen LogP contribution in [0.15, 0.2) is 60.9 Å². The third kappa shape index (κ3) is 4.67. The zero-order valence-electron chi connectivity index (χ0n) is 17.0. The van der Waals surface area contributed by atoms with E-state index in [1.807, 2.05) is 0 Å². The van der Waals surface area contributed by atoms with Crippen molar-refractivity contribution in [2.45, 2.75) is 13.1 Å². The van der Waals surface area contributed by atoms with Gasteiger partial charge in [0.05, 0.1) is 23.7 Å². The molecule has 0 aliphatic heterocycles. The van der Waals surface area contributed by atoms with E-state index in [1.165, 1.54) is 16.8 Å². The van der Waals surface area contributed by atoms with Crippen LogP contribution in [0.5, 0.6) is 0 Å². The van der Waals surface area contributed by atoms with E-state index in [2.05, 4.69) is 20.1 Å². The Hall–Kier alpha value is -3.60. The van der Waals surface area contributed by atoms with Crippen LogP contribution in [-0.2, 0) is 16.2 Å². The molecule has 4 rings (SSSR count). The molecule has 32 heavy (non-hydrogen) atoms. The fraction of sp³-hybridized carbons (Fsp3) is 0.143. The van der Waals surface area contributed by atoms with Crippen LogP contribution in [0, 0.1) is 6.92 Å². The summed E-state index contributed by atoms with van der Waals surface area (Å²) >= 11 is 0. The van der Waals surface area contributed by atoms with Crippen molar-refractivity contribution in [1.29, 1.82) is 0 Å². The first-order chi connectivity index (χ1) is 15.0. The highest BCUT2D eigenvalue weighted by Gasteiger charge is 2.30. The van der Waals surface area contributed by atoms with Crippen molar-refractivity contribution < 1.29 is 21.6 Å². The van der Waals surface area contributed by atoms with Crippen LogP contribution >= 0.6 is 0 Å². The molecule has 0 saturated carbocycles. The summed E-state index contributed by atoms with van der Waals surface area (Å²) in [4.78, 5) is 4.49. The number of nitrogens with one attached hydrogen (secondary N) is 2. The van der Waals surface area contributed by atoms with Gasteiger partial charge in [0.1, 0.15) is 5.82 Å². The van der Waals surface area contributed by atoms with Gasteiger partial charge in [0.25, 0.3) is 0 Å². The summed E-state index contributed by atoms with van der Waals surface area (Å²) in [5, 5.41) is 7.26. The molecule has 0 fully saturated rings. The number of fused-ring (bicyclic) bond motifs is 1. The first-order valence-corrected chi connectivity index (χ1v) is 11.3. The quantitative estimate of drug-likeness (QED) is 0.444. The molecule has 0 bridgehead atoms. The summed E-state index contributed by atoms with van der Waals surface area (Å²) in [6.45, 7) is 1.77. The number of aryl methyl sites for hydroxylation is 1. The summed E-state index contributed by atoms with van der Waals surface area (Å²) in [6, 6.07) is 11.8. The molecular weight excluding hydrogens is 443 g/mol. The molecule has 0 saturated heterocycles. The molecule has 2 heterocycles. The lowest BCUT2D eigenvalue weighted by Crippen LogP contribution is -2.10. The van der Waals surface area contributed by atoms with Crippen LogP contribution in [0.3, 0.4) is 0 Å². The molecule has 0 aliphatic carbocycles. The van der Waals surface area contributed by atoms with E-state index < -0.39 is 21.8 Å². The fourth-order valence-electron chi connectivity index (χ4n) is 3.16. The standard InChI is InChI=1S/C21H18F3N5O2S/c1-13-6-7-16(11-18(13)28-32(2,30)31)26-19-8-9-29-20(27-19)17(12-25-29)14-4-3-5-15(10-14)21(22,23)24/h3-12,28H,1-2H3,(H,26,27). The number of nitrogens with zero attached hydrogens (tertiary/aromatic N) is 3. The van der Waals surface area contributed by atoms with Crippen LogP contribution in [-0.4, -0.2) is 29.3 Å². The van der Waals surface area contributed by atoms with Crippen molar-refractivity contribution in [3.05, 3.63) is 72.1 Å². The molecule has 2 aromatic carbocycles. The van der Waals surface area contributed by atoms with Crippen molar-refractivity contribution in [3.8, 4) is 11.1 Å². The Morgan fingerprint density at radius 1 is 1.06 bits per heavy atom. The number of halogens is 3. The monoisotopic (exact) mass is 461 g/mol. The summed E-state index contributed by atoms with van der Waals surface area (Å²) in [7, 11) is -3.45. The topological polar surface area (TPSA) is 88.4 Å². The minimum atomic E-state index is -4.46. The summed E-state index contributed by atoms with van der Waals surface area (Å²) in [6.07, 6.45) is -0.299. The Kier molecular flexibility index (Phi) is 5.29. The molecular formula is C21H18F3N5O2S. The number of sulfonamides is 1. The van der Waals surface area contributed by atoms with Gasteiger partial charge in [-0.3, -0.25) is 4.72 Å². The van der Waals surface area contributed by atoms with E-state index in [-0.39, 0.29) is 0 Å². The molecule has 2 aromatic heterocycles. The second-order valence-electron chi connectivity index (χ2n) is 7.25. The lowest BCUT2D eigenvalue weighted by atomic mass is 10.1. The third-order valence-electron chi connectivity index (χ3n) is 4.68. The van der Waals surface area contributed by atoms with Crippen molar-refractivity contribution in [1.82, 2.24) is 14.6 Å². The Balaban J connectivity index is 1.69. The van der Waals surface area contributed by atoms with Crippen LogP contribution in [0.1, 0.15) is 11.1 Å². The number of aromatic nitrogens is 3. The van der Waals surface area contributed by atoms with Crippen molar-refractivity contribution in [2.75, 3.05) is 16.3 Å². The average molecular weight is 461 g/mol. The van der Waals surface area contributed by atoms with Gasteiger partial charge in [0.2, 0.25) is 10.0 Å². The van der Waals surface area contributed by atoms with Gasteiger partial charge in [-0.15, -0.1) is 0 Å². The number of alkyl halides is 3. The largest absolute Gasteiger partial charge is 0.416 e. The zero-order valence-corrected chi connectivity index (χ0v) is 17.8. The van der Waals surface area contributed by atoms with E-state index in [0.717, 1.165) is 24.0 Å². The number of hydrogen-bond acceptors (Lipinski definition) is 5. The average Bonchev–Trinajstić information content (AvgIpc) is 3.12. The normalized spacial score (nSPS) is 12.2. The maximum absolute atomic E-state index is 13.1. The van der Waals surface area contributed by atoms with Crippen LogP contribution in [0.25, 0.3) is 16.8 Å². The lowest BCUT2D eigenvalue weighted by molar-refractivity contribution is -0.137. The zero-order chi connectivity index (χ0) is 23.1. The highest BCUT2D eigenvalue weighted by atomic mass is 32.2. The third-order valence-corrected chi connectivity index (χ3v) is 5.27. The maximum Gasteiger partial charge on any atom is 0.416 e. The van der Waals surface area contributed by atoms with Gasteiger partial charge >= 0.3 is 6.18 Å². The Morgan fingerprint density at radius 2 is 1.84 bits per heavy atom. The molecule has 7 nitrogen and oxygen atoms in total. The van der Waals surface area contributed by atoms with Gasteiger partial charge in [-0.2, -0.15) is 18.3 Å². The van der Waals surface area contributed by atoms with E-state index in [0.29, 0.717) is 34.0 Å². The molecule has 4 aromatic rings. The van der Waals surface area contributed by atoms with E-state index in [1.54, 1.807) is 43.5 Å². The first kappa shape index (κ1) is 21.6. The maximum atomic E-state index is 13.1. The molecule has 0 aliphatic rings. The van der Waals surface area contributed by atoms with E-state index in [4.69, 9.17) is 0 Å². The molecule has 0 atom stereocenters. The summed E-state index contributed by atoms with van der Waals surface area (Å²) < 4.78 is 66.4.